The summed E-state index contributed by atoms with van der Waals surface area (Å²) in [5.41, 5.74) is 2.43. The van der Waals surface area contributed by atoms with Crippen LogP contribution < -0.4 is 14.2 Å². The van der Waals surface area contributed by atoms with E-state index in [4.69, 9.17) is 23.7 Å². The third-order valence-corrected chi connectivity index (χ3v) is 7.13. The van der Waals surface area contributed by atoms with Gasteiger partial charge in [0.1, 0.15) is 17.2 Å². The molecule has 1 atom stereocenters. The van der Waals surface area contributed by atoms with E-state index in [9.17, 15) is 14.4 Å². The van der Waals surface area contributed by atoms with Crippen LogP contribution in [0.25, 0.3) is 11.1 Å². The van der Waals surface area contributed by atoms with Crippen molar-refractivity contribution in [2.45, 2.75) is 58.8 Å². The van der Waals surface area contributed by atoms with Gasteiger partial charge in [-0.1, -0.05) is 44.7 Å². The Balaban J connectivity index is 1.33. The van der Waals surface area contributed by atoms with Crippen molar-refractivity contribution >= 4 is 17.9 Å². The van der Waals surface area contributed by atoms with E-state index >= 15 is 0 Å². The fraction of sp³-hybridized carbons (Fsp3) is 0.378. The van der Waals surface area contributed by atoms with E-state index in [0.29, 0.717) is 43.5 Å². The Morgan fingerprint density at radius 1 is 0.644 bits per heavy atom. The van der Waals surface area contributed by atoms with Crippen LogP contribution in [0.15, 0.2) is 85.5 Å². The number of rotatable bonds is 20. The highest BCUT2D eigenvalue weighted by Crippen LogP contribution is 2.25. The maximum atomic E-state index is 12.7. The van der Waals surface area contributed by atoms with Gasteiger partial charge >= 0.3 is 17.9 Å². The van der Waals surface area contributed by atoms with Crippen LogP contribution in [0.2, 0.25) is 0 Å². The van der Waals surface area contributed by atoms with Crippen LogP contribution >= 0.6 is 0 Å². The molecule has 0 N–H and O–H groups in total. The van der Waals surface area contributed by atoms with Gasteiger partial charge in [-0.3, -0.25) is 4.79 Å². The Morgan fingerprint density at radius 3 is 1.67 bits per heavy atom. The van der Waals surface area contributed by atoms with Gasteiger partial charge in [0.2, 0.25) is 0 Å². The molecule has 8 nitrogen and oxygen atoms in total. The monoisotopic (exact) mass is 616 g/mol. The predicted octanol–water partition coefficient (Wildman–Crippen LogP) is 7.99. The van der Waals surface area contributed by atoms with Crippen molar-refractivity contribution in [3.05, 3.63) is 91.0 Å². The minimum absolute atomic E-state index is 0.0391. The van der Waals surface area contributed by atoms with Crippen molar-refractivity contribution in [1.29, 1.82) is 0 Å². The summed E-state index contributed by atoms with van der Waals surface area (Å²) in [6, 6.07) is 22.0. The minimum Gasteiger partial charge on any atom is -0.494 e. The van der Waals surface area contributed by atoms with Crippen LogP contribution in [0.1, 0.15) is 69.2 Å². The highest BCUT2D eigenvalue weighted by atomic mass is 16.5. The maximum Gasteiger partial charge on any atom is 0.343 e. The van der Waals surface area contributed by atoms with E-state index in [-0.39, 0.29) is 11.9 Å². The third-order valence-electron chi connectivity index (χ3n) is 7.13. The van der Waals surface area contributed by atoms with Gasteiger partial charge in [-0.2, -0.15) is 0 Å². The molecule has 3 aromatic rings. The standard InChI is InChI=1S/C37H44O8/c1-4-28(3)36(39)44-27-9-7-6-8-24-41-33-20-16-31(17-21-33)37(40)45-34-22-14-30(15-23-34)29-12-18-32(19-13-29)42-25-10-11-26-43-35(38)5-2/h5,12-23,28H,2,4,6-11,24-27H2,1,3H3. The van der Waals surface area contributed by atoms with Gasteiger partial charge < -0.3 is 23.7 Å². The van der Waals surface area contributed by atoms with E-state index < -0.39 is 11.9 Å². The highest BCUT2D eigenvalue weighted by molar-refractivity contribution is 5.91. The number of carbonyl (C=O) groups excluding carboxylic acids is 3. The van der Waals surface area contributed by atoms with Gasteiger partial charge in [-0.25, -0.2) is 9.59 Å². The van der Waals surface area contributed by atoms with Crippen molar-refractivity contribution in [3.8, 4) is 28.4 Å². The second-order valence-corrected chi connectivity index (χ2v) is 10.6. The van der Waals surface area contributed by atoms with Crippen LogP contribution in [-0.4, -0.2) is 44.3 Å². The predicted molar refractivity (Wildman–Crippen MR) is 174 cm³/mol. The minimum atomic E-state index is -0.441. The normalized spacial score (nSPS) is 11.2. The molecule has 3 aromatic carbocycles. The average molecular weight is 617 g/mol. The summed E-state index contributed by atoms with van der Waals surface area (Å²) >= 11 is 0. The van der Waals surface area contributed by atoms with Gasteiger partial charge in [0.15, 0.2) is 0 Å². The topological polar surface area (TPSA) is 97.4 Å². The molecule has 240 valence electrons. The quantitative estimate of drug-likeness (QED) is 0.0545. The summed E-state index contributed by atoms with van der Waals surface area (Å²) in [6.07, 6.45) is 7.15. The molecule has 0 aliphatic rings. The number of unbranched alkanes of at least 4 members (excludes halogenated alkanes) is 4. The lowest BCUT2D eigenvalue weighted by Crippen LogP contribution is -2.14. The lowest BCUT2D eigenvalue weighted by atomic mass is 10.1. The fourth-order valence-corrected chi connectivity index (χ4v) is 4.17. The molecule has 0 amide bonds. The lowest BCUT2D eigenvalue weighted by Gasteiger charge is -2.10. The smallest absolute Gasteiger partial charge is 0.343 e. The molecule has 0 aliphatic carbocycles. The van der Waals surface area contributed by atoms with Crippen LogP contribution in [0, 0.1) is 5.92 Å². The van der Waals surface area contributed by atoms with Gasteiger partial charge in [-0.15, -0.1) is 0 Å². The molecule has 3 rings (SSSR count). The molecular formula is C37H44O8. The summed E-state index contributed by atoms with van der Waals surface area (Å²) in [7, 11) is 0. The van der Waals surface area contributed by atoms with Gasteiger partial charge in [0.25, 0.3) is 0 Å². The third kappa shape index (κ3) is 12.9. The van der Waals surface area contributed by atoms with Crippen LogP contribution in [0.4, 0.5) is 0 Å². The second-order valence-electron chi connectivity index (χ2n) is 10.6. The van der Waals surface area contributed by atoms with E-state index in [2.05, 4.69) is 6.58 Å². The number of esters is 3. The molecule has 0 aromatic heterocycles. The van der Waals surface area contributed by atoms with Gasteiger partial charge in [0, 0.05) is 6.08 Å². The SMILES string of the molecule is C=CC(=O)OCCCCOc1ccc(-c2ccc(OC(=O)c3ccc(OCCCCCCOC(=O)C(C)CC)cc3)cc2)cc1. The first-order chi connectivity index (χ1) is 21.9. The molecule has 1 unspecified atom stereocenters. The Morgan fingerprint density at radius 2 is 1.11 bits per heavy atom. The largest absolute Gasteiger partial charge is 0.494 e. The zero-order chi connectivity index (χ0) is 32.3. The van der Waals surface area contributed by atoms with Gasteiger partial charge in [-0.05, 0) is 105 Å². The molecule has 0 radical (unpaired) electrons. The Kier molecular flexibility index (Phi) is 15.2. The zero-order valence-corrected chi connectivity index (χ0v) is 26.3. The first-order valence-electron chi connectivity index (χ1n) is 15.6. The van der Waals surface area contributed by atoms with Crippen LogP contribution in [-0.2, 0) is 19.1 Å². The van der Waals surface area contributed by atoms with Crippen molar-refractivity contribution in [3.63, 3.8) is 0 Å². The molecule has 0 saturated heterocycles. The summed E-state index contributed by atoms with van der Waals surface area (Å²) in [5.74, 6) is 0.901. The Hall–Kier alpha value is -4.59. The van der Waals surface area contributed by atoms with E-state index in [1.165, 1.54) is 0 Å². The molecule has 0 bridgehead atoms. The van der Waals surface area contributed by atoms with E-state index in [0.717, 1.165) is 67.9 Å². The number of carbonyl (C=O) groups is 3. The van der Waals surface area contributed by atoms with Crippen molar-refractivity contribution in [1.82, 2.24) is 0 Å². The van der Waals surface area contributed by atoms with Crippen LogP contribution in [0.3, 0.4) is 0 Å². The Bertz CT molecular complexity index is 1330. The molecule has 45 heavy (non-hydrogen) atoms. The number of ether oxygens (including phenoxy) is 5. The molecule has 0 fully saturated rings. The van der Waals surface area contributed by atoms with E-state index in [1.807, 2.05) is 50.2 Å². The maximum absolute atomic E-state index is 12.7. The summed E-state index contributed by atoms with van der Waals surface area (Å²) in [4.78, 5) is 35.4. The van der Waals surface area contributed by atoms with Crippen LogP contribution in [0.5, 0.6) is 17.2 Å². The highest BCUT2D eigenvalue weighted by Gasteiger charge is 2.11. The summed E-state index contributed by atoms with van der Waals surface area (Å²) in [5, 5.41) is 0. The number of benzene rings is 3. The second kappa shape index (κ2) is 19.6. The molecule has 0 saturated carbocycles. The summed E-state index contributed by atoms with van der Waals surface area (Å²) in [6.45, 7) is 9.15. The average Bonchev–Trinajstić information content (AvgIpc) is 3.07. The first-order valence-corrected chi connectivity index (χ1v) is 15.6. The first kappa shape index (κ1) is 34.9. The fourth-order valence-electron chi connectivity index (χ4n) is 4.17. The molecule has 0 spiro atoms. The zero-order valence-electron chi connectivity index (χ0n) is 26.3. The number of hydrogen-bond acceptors (Lipinski definition) is 8. The Labute approximate surface area is 266 Å². The molecule has 0 aliphatic heterocycles. The van der Waals surface area contributed by atoms with Crippen molar-refractivity contribution in [2.24, 2.45) is 5.92 Å². The van der Waals surface area contributed by atoms with Gasteiger partial charge in [0.05, 0.1) is 37.9 Å². The molecular weight excluding hydrogens is 572 g/mol. The lowest BCUT2D eigenvalue weighted by molar-refractivity contribution is -0.148. The molecule has 8 heteroatoms. The van der Waals surface area contributed by atoms with E-state index in [1.54, 1.807) is 36.4 Å². The van der Waals surface area contributed by atoms with Crippen molar-refractivity contribution in [2.75, 3.05) is 26.4 Å². The van der Waals surface area contributed by atoms with Crippen molar-refractivity contribution < 1.29 is 38.1 Å². The number of hydrogen-bond donors (Lipinski definition) is 0. The molecule has 0 heterocycles. The summed E-state index contributed by atoms with van der Waals surface area (Å²) < 4.78 is 27.3.